The van der Waals surface area contributed by atoms with Gasteiger partial charge < -0.3 is 5.32 Å². The normalized spacial score (nSPS) is 20.7. The van der Waals surface area contributed by atoms with E-state index < -0.39 is 10.0 Å². The number of sulfonamides is 1. The number of rotatable bonds is 8. The molecule has 0 heterocycles. The van der Waals surface area contributed by atoms with E-state index in [2.05, 4.69) is 17.0 Å². The van der Waals surface area contributed by atoms with Crippen molar-refractivity contribution in [3.05, 3.63) is 0 Å². The van der Waals surface area contributed by atoms with Crippen LogP contribution >= 0.6 is 0 Å². The first kappa shape index (κ1) is 13.9. The minimum atomic E-state index is -3.15. The lowest BCUT2D eigenvalue weighted by atomic mass is 10.0. The first-order chi connectivity index (χ1) is 7.46. The van der Waals surface area contributed by atoms with Crippen LogP contribution in [-0.2, 0) is 10.0 Å². The van der Waals surface area contributed by atoms with E-state index in [1.165, 1.54) is 12.8 Å². The fourth-order valence-electron chi connectivity index (χ4n) is 2.02. The minimum Gasteiger partial charge on any atom is -0.318 e. The second-order valence-corrected chi connectivity index (χ2v) is 7.17. The Bertz CT molecular complexity index is 310. The summed E-state index contributed by atoms with van der Waals surface area (Å²) < 4.78 is 26.5. The van der Waals surface area contributed by atoms with Gasteiger partial charge in [0.15, 0.2) is 0 Å². The highest BCUT2D eigenvalue weighted by atomic mass is 32.2. The van der Waals surface area contributed by atoms with E-state index in [1.54, 1.807) is 14.0 Å². The van der Waals surface area contributed by atoms with E-state index in [9.17, 15) is 8.42 Å². The van der Waals surface area contributed by atoms with Crippen molar-refractivity contribution in [2.75, 3.05) is 20.1 Å². The summed E-state index contributed by atoms with van der Waals surface area (Å²) in [5.74, 6) is 0. The molecule has 5 heteroatoms. The third-order valence-electron chi connectivity index (χ3n) is 3.41. The Labute approximate surface area is 99.2 Å². The summed E-state index contributed by atoms with van der Waals surface area (Å²) >= 11 is 0. The second-order valence-electron chi connectivity index (χ2n) is 4.98. The maximum Gasteiger partial charge on any atom is 0.215 e. The van der Waals surface area contributed by atoms with Gasteiger partial charge in [-0.2, -0.15) is 0 Å². The van der Waals surface area contributed by atoms with Crippen LogP contribution in [0.5, 0.6) is 0 Å². The van der Waals surface area contributed by atoms with Crippen molar-refractivity contribution >= 4 is 10.0 Å². The van der Waals surface area contributed by atoms with Crippen LogP contribution in [-0.4, -0.2) is 33.8 Å². The van der Waals surface area contributed by atoms with Crippen molar-refractivity contribution in [3.63, 3.8) is 0 Å². The Balaban J connectivity index is 2.42. The summed E-state index contributed by atoms with van der Waals surface area (Å²) in [7, 11) is -1.38. The van der Waals surface area contributed by atoms with Crippen LogP contribution < -0.4 is 10.0 Å². The molecule has 2 N–H and O–H groups in total. The molecule has 0 radical (unpaired) electrons. The van der Waals surface area contributed by atoms with Gasteiger partial charge in [-0.25, -0.2) is 13.1 Å². The van der Waals surface area contributed by atoms with Gasteiger partial charge >= 0.3 is 0 Å². The average Bonchev–Trinajstić information content (AvgIpc) is 2.97. The molecule has 1 unspecified atom stereocenters. The standard InChI is InChI=1S/C11H24N2O2S/c1-4-5-11(6-7-11)9-13-16(14,15)10(2)8-12-3/h10,12-13H,4-9H2,1-3H3. The van der Waals surface area contributed by atoms with Crippen LogP contribution in [0.1, 0.15) is 39.5 Å². The number of nitrogens with one attached hydrogen (secondary N) is 2. The van der Waals surface area contributed by atoms with E-state index in [4.69, 9.17) is 0 Å². The van der Waals surface area contributed by atoms with Gasteiger partial charge in [0.05, 0.1) is 5.25 Å². The topological polar surface area (TPSA) is 58.2 Å². The molecule has 0 amide bonds. The Morgan fingerprint density at radius 2 is 2.00 bits per heavy atom. The quantitative estimate of drug-likeness (QED) is 0.676. The number of hydrogen-bond acceptors (Lipinski definition) is 3. The van der Waals surface area contributed by atoms with Gasteiger partial charge in [0.25, 0.3) is 0 Å². The lowest BCUT2D eigenvalue weighted by molar-refractivity contribution is 0.447. The van der Waals surface area contributed by atoms with Gasteiger partial charge in [0, 0.05) is 13.1 Å². The highest BCUT2D eigenvalue weighted by molar-refractivity contribution is 7.90. The maximum absolute atomic E-state index is 11.8. The fourth-order valence-corrected chi connectivity index (χ4v) is 3.19. The summed E-state index contributed by atoms with van der Waals surface area (Å²) in [6.45, 7) is 5.00. The molecule has 0 spiro atoms. The third-order valence-corrected chi connectivity index (χ3v) is 5.18. The fraction of sp³-hybridized carbons (Fsp3) is 1.00. The summed E-state index contributed by atoms with van der Waals surface area (Å²) in [4.78, 5) is 0. The molecule has 1 aliphatic rings. The first-order valence-corrected chi connectivity index (χ1v) is 7.63. The average molecular weight is 248 g/mol. The van der Waals surface area contributed by atoms with Crippen molar-refractivity contribution in [2.24, 2.45) is 5.41 Å². The van der Waals surface area contributed by atoms with Gasteiger partial charge in [-0.15, -0.1) is 0 Å². The maximum atomic E-state index is 11.8. The van der Waals surface area contributed by atoms with Crippen molar-refractivity contribution in [1.82, 2.24) is 10.0 Å². The van der Waals surface area contributed by atoms with Gasteiger partial charge in [0.2, 0.25) is 10.0 Å². The smallest absolute Gasteiger partial charge is 0.215 e. The molecule has 16 heavy (non-hydrogen) atoms. The van der Waals surface area contributed by atoms with Crippen LogP contribution in [0.15, 0.2) is 0 Å². The van der Waals surface area contributed by atoms with Crippen LogP contribution in [0.3, 0.4) is 0 Å². The monoisotopic (exact) mass is 248 g/mol. The Morgan fingerprint density at radius 1 is 1.38 bits per heavy atom. The van der Waals surface area contributed by atoms with Gasteiger partial charge in [-0.3, -0.25) is 0 Å². The molecule has 0 aliphatic heterocycles. The lowest BCUT2D eigenvalue weighted by Gasteiger charge is -2.18. The second kappa shape index (κ2) is 5.47. The first-order valence-electron chi connectivity index (χ1n) is 6.09. The molecule has 1 aliphatic carbocycles. The SMILES string of the molecule is CCCC1(CNS(=O)(=O)C(C)CNC)CC1. The largest absolute Gasteiger partial charge is 0.318 e. The molecule has 0 aromatic carbocycles. The van der Waals surface area contributed by atoms with Crippen molar-refractivity contribution in [3.8, 4) is 0 Å². The zero-order valence-electron chi connectivity index (χ0n) is 10.5. The van der Waals surface area contributed by atoms with Crippen molar-refractivity contribution in [1.29, 1.82) is 0 Å². The highest BCUT2D eigenvalue weighted by Crippen LogP contribution is 2.49. The molecular weight excluding hydrogens is 224 g/mol. The van der Waals surface area contributed by atoms with Crippen molar-refractivity contribution < 1.29 is 8.42 Å². The van der Waals surface area contributed by atoms with Gasteiger partial charge in [-0.05, 0) is 38.6 Å². The van der Waals surface area contributed by atoms with Crippen LogP contribution in [0.4, 0.5) is 0 Å². The van der Waals surface area contributed by atoms with Crippen LogP contribution in [0.2, 0.25) is 0 Å². The summed E-state index contributed by atoms with van der Waals surface area (Å²) in [6, 6.07) is 0. The number of hydrogen-bond donors (Lipinski definition) is 2. The summed E-state index contributed by atoms with van der Waals surface area (Å²) in [5.41, 5.74) is 0.279. The zero-order valence-corrected chi connectivity index (χ0v) is 11.4. The predicted octanol–water partition coefficient (Wildman–Crippen LogP) is 1.09. The lowest BCUT2D eigenvalue weighted by Crippen LogP contribution is -2.40. The Hall–Kier alpha value is -0.130. The van der Waals surface area contributed by atoms with E-state index in [-0.39, 0.29) is 10.7 Å². The third kappa shape index (κ3) is 3.71. The summed E-state index contributed by atoms with van der Waals surface area (Å²) in [6.07, 6.45) is 4.61. The van der Waals surface area contributed by atoms with E-state index in [0.29, 0.717) is 13.1 Å². The molecule has 1 rings (SSSR count). The molecule has 0 aromatic heterocycles. The minimum absolute atomic E-state index is 0.279. The Morgan fingerprint density at radius 3 is 2.44 bits per heavy atom. The van der Waals surface area contributed by atoms with Gasteiger partial charge in [0.1, 0.15) is 0 Å². The molecule has 0 bridgehead atoms. The van der Waals surface area contributed by atoms with Gasteiger partial charge in [-0.1, -0.05) is 13.3 Å². The van der Waals surface area contributed by atoms with E-state index >= 15 is 0 Å². The zero-order chi connectivity index (χ0) is 12.2. The molecule has 1 atom stereocenters. The Kier molecular flexibility index (Phi) is 4.76. The molecule has 0 saturated heterocycles. The highest BCUT2D eigenvalue weighted by Gasteiger charge is 2.42. The summed E-state index contributed by atoms with van der Waals surface area (Å²) in [5, 5.41) is 2.53. The van der Waals surface area contributed by atoms with Crippen molar-refractivity contribution in [2.45, 2.75) is 44.8 Å². The van der Waals surface area contributed by atoms with Crippen LogP contribution in [0, 0.1) is 5.41 Å². The molecule has 1 fully saturated rings. The van der Waals surface area contributed by atoms with E-state index in [0.717, 1.165) is 12.8 Å². The molecule has 0 aromatic rings. The molecule has 96 valence electrons. The molecular formula is C11H24N2O2S. The predicted molar refractivity (Wildman–Crippen MR) is 66.9 cm³/mol. The molecule has 4 nitrogen and oxygen atoms in total. The van der Waals surface area contributed by atoms with Crippen LogP contribution in [0.25, 0.3) is 0 Å². The molecule has 1 saturated carbocycles. The van der Waals surface area contributed by atoms with E-state index in [1.807, 2.05) is 0 Å².